The molecular weight excluding hydrogens is 344 g/mol. The number of halogens is 1. The largest absolute Gasteiger partial charge is 0.496 e. The van der Waals surface area contributed by atoms with Crippen LogP contribution in [0.4, 0.5) is 0 Å². The molecule has 6 nitrogen and oxygen atoms in total. The lowest BCUT2D eigenvalue weighted by atomic mass is 10.1. The summed E-state index contributed by atoms with van der Waals surface area (Å²) in [5, 5.41) is 4.52. The number of hydrazone groups is 1. The predicted molar refractivity (Wildman–Crippen MR) is 96.4 cm³/mol. The fourth-order valence-corrected chi connectivity index (χ4v) is 2.16. The molecule has 132 valence electrons. The summed E-state index contributed by atoms with van der Waals surface area (Å²) in [5.41, 5.74) is 4.12. The van der Waals surface area contributed by atoms with Crippen molar-refractivity contribution in [1.29, 1.82) is 0 Å². The van der Waals surface area contributed by atoms with E-state index in [1.54, 1.807) is 44.7 Å². The van der Waals surface area contributed by atoms with Gasteiger partial charge in [-0.15, -0.1) is 0 Å². The number of nitrogens with zero attached hydrogens (tertiary/aromatic N) is 1. The first-order valence-electron chi connectivity index (χ1n) is 7.48. The van der Waals surface area contributed by atoms with Crippen LogP contribution in [0.3, 0.4) is 0 Å². The highest BCUT2D eigenvalue weighted by Crippen LogP contribution is 2.20. The molecule has 2 aromatic carbocycles. The second-order valence-electron chi connectivity index (χ2n) is 5.04. The summed E-state index contributed by atoms with van der Waals surface area (Å²) in [6.45, 7) is 0.280. The van der Waals surface area contributed by atoms with Crippen LogP contribution in [0.15, 0.2) is 47.6 Å². The Kier molecular flexibility index (Phi) is 7.25. The van der Waals surface area contributed by atoms with Crippen LogP contribution in [-0.4, -0.2) is 32.9 Å². The lowest BCUT2D eigenvalue weighted by Crippen LogP contribution is -2.24. The maximum Gasteiger partial charge on any atom is 0.277 e. The number of benzene rings is 2. The molecule has 0 atom stereocenters. The minimum Gasteiger partial charge on any atom is -0.496 e. The van der Waals surface area contributed by atoms with Gasteiger partial charge in [0.05, 0.1) is 19.9 Å². The van der Waals surface area contributed by atoms with Crippen LogP contribution in [0, 0.1) is 0 Å². The van der Waals surface area contributed by atoms with E-state index in [2.05, 4.69) is 10.5 Å². The zero-order valence-electron chi connectivity index (χ0n) is 14.0. The number of amides is 1. The van der Waals surface area contributed by atoms with Crippen molar-refractivity contribution in [1.82, 2.24) is 5.43 Å². The molecule has 2 aromatic rings. The fourth-order valence-electron chi connectivity index (χ4n) is 2.04. The number of nitrogens with one attached hydrogen (secondary N) is 1. The lowest BCUT2D eigenvalue weighted by molar-refractivity contribution is -0.123. The molecule has 0 fully saturated rings. The molecular formula is C18H19ClN2O4. The molecule has 0 saturated carbocycles. The maximum atomic E-state index is 11.7. The summed E-state index contributed by atoms with van der Waals surface area (Å²) in [5.74, 6) is 0.930. The van der Waals surface area contributed by atoms with Crippen molar-refractivity contribution in [2.24, 2.45) is 5.10 Å². The summed E-state index contributed by atoms with van der Waals surface area (Å²) in [6.07, 6.45) is 1.54. The van der Waals surface area contributed by atoms with Crippen LogP contribution in [0.2, 0.25) is 5.02 Å². The van der Waals surface area contributed by atoms with Gasteiger partial charge in [-0.2, -0.15) is 5.10 Å². The standard InChI is InChI=1S/C18H19ClN2O4/c1-23-11-14-9-13(3-8-17(14)24-2)10-20-21-18(22)12-25-16-6-4-15(19)5-7-16/h3-10H,11-12H2,1-2H3,(H,21,22). The van der Waals surface area contributed by atoms with Gasteiger partial charge in [-0.1, -0.05) is 11.6 Å². The van der Waals surface area contributed by atoms with E-state index in [0.29, 0.717) is 17.4 Å². The number of carbonyl (C=O) groups is 1. The normalized spacial score (nSPS) is 10.7. The highest BCUT2D eigenvalue weighted by atomic mass is 35.5. The molecule has 0 spiro atoms. The summed E-state index contributed by atoms with van der Waals surface area (Å²) < 4.78 is 15.7. The number of rotatable bonds is 8. The van der Waals surface area contributed by atoms with Gasteiger partial charge < -0.3 is 14.2 Å². The molecule has 0 bridgehead atoms. The van der Waals surface area contributed by atoms with E-state index in [-0.39, 0.29) is 12.5 Å². The van der Waals surface area contributed by atoms with Crippen molar-refractivity contribution in [3.63, 3.8) is 0 Å². The Hall–Kier alpha value is -2.57. The zero-order valence-corrected chi connectivity index (χ0v) is 14.7. The van der Waals surface area contributed by atoms with E-state index < -0.39 is 0 Å². The van der Waals surface area contributed by atoms with E-state index in [4.69, 9.17) is 25.8 Å². The predicted octanol–water partition coefficient (Wildman–Crippen LogP) is 3.02. The third-order valence-corrected chi connectivity index (χ3v) is 3.44. The zero-order chi connectivity index (χ0) is 18.1. The molecule has 0 aliphatic rings. The molecule has 0 saturated heterocycles. The average molecular weight is 363 g/mol. The fraction of sp³-hybridized carbons (Fsp3) is 0.222. The van der Waals surface area contributed by atoms with Crippen LogP contribution in [0.25, 0.3) is 0 Å². The van der Waals surface area contributed by atoms with Crippen molar-refractivity contribution in [3.8, 4) is 11.5 Å². The smallest absolute Gasteiger partial charge is 0.277 e. The highest BCUT2D eigenvalue weighted by Gasteiger charge is 2.04. The minimum absolute atomic E-state index is 0.142. The third kappa shape index (κ3) is 6.10. The van der Waals surface area contributed by atoms with Crippen molar-refractivity contribution < 1.29 is 19.0 Å². The number of ether oxygens (including phenoxy) is 3. The topological polar surface area (TPSA) is 69.2 Å². The van der Waals surface area contributed by atoms with Gasteiger partial charge in [0.1, 0.15) is 11.5 Å². The summed E-state index contributed by atoms with van der Waals surface area (Å²) in [6, 6.07) is 12.3. The van der Waals surface area contributed by atoms with Crippen LogP contribution in [0.1, 0.15) is 11.1 Å². The van der Waals surface area contributed by atoms with Crippen LogP contribution < -0.4 is 14.9 Å². The molecule has 1 amide bonds. The van der Waals surface area contributed by atoms with Crippen molar-refractivity contribution in [2.45, 2.75) is 6.61 Å². The first-order chi connectivity index (χ1) is 12.1. The van der Waals surface area contributed by atoms with Gasteiger partial charge in [0.25, 0.3) is 5.91 Å². The number of carbonyl (C=O) groups excluding carboxylic acids is 1. The molecule has 0 aliphatic carbocycles. The van der Waals surface area contributed by atoms with E-state index in [1.165, 1.54) is 0 Å². The Balaban J connectivity index is 1.86. The molecule has 0 aromatic heterocycles. The number of hydrogen-bond acceptors (Lipinski definition) is 5. The van der Waals surface area contributed by atoms with Gasteiger partial charge in [-0.05, 0) is 48.0 Å². The Morgan fingerprint density at radius 1 is 1.20 bits per heavy atom. The summed E-state index contributed by atoms with van der Waals surface area (Å²) in [7, 11) is 3.21. The van der Waals surface area contributed by atoms with E-state index in [1.807, 2.05) is 18.2 Å². The first kappa shape index (κ1) is 18.8. The van der Waals surface area contributed by atoms with Crippen LogP contribution in [0.5, 0.6) is 11.5 Å². The van der Waals surface area contributed by atoms with Crippen LogP contribution in [-0.2, 0) is 16.1 Å². The third-order valence-electron chi connectivity index (χ3n) is 3.19. The van der Waals surface area contributed by atoms with E-state index >= 15 is 0 Å². The van der Waals surface area contributed by atoms with Crippen molar-refractivity contribution in [3.05, 3.63) is 58.6 Å². The molecule has 7 heteroatoms. The quantitative estimate of drug-likeness (QED) is 0.579. The Labute approximate surface area is 151 Å². The van der Waals surface area contributed by atoms with Gasteiger partial charge in [0.2, 0.25) is 0 Å². The van der Waals surface area contributed by atoms with Gasteiger partial charge in [0, 0.05) is 17.7 Å². The Bertz CT molecular complexity index is 732. The van der Waals surface area contributed by atoms with Gasteiger partial charge in [-0.25, -0.2) is 5.43 Å². The minimum atomic E-state index is -0.364. The SMILES string of the molecule is COCc1cc(C=NNC(=O)COc2ccc(Cl)cc2)ccc1OC. The molecule has 0 radical (unpaired) electrons. The monoisotopic (exact) mass is 362 g/mol. The Morgan fingerprint density at radius 2 is 1.96 bits per heavy atom. The summed E-state index contributed by atoms with van der Waals surface area (Å²) >= 11 is 5.78. The van der Waals surface area contributed by atoms with Crippen LogP contribution >= 0.6 is 11.6 Å². The number of methoxy groups -OCH3 is 2. The molecule has 1 N–H and O–H groups in total. The Morgan fingerprint density at radius 3 is 2.64 bits per heavy atom. The second kappa shape index (κ2) is 9.66. The highest BCUT2D eigenvalue weighted by molar-refractivity contribution is 6.30. The maximum absolute atomic E-state index is 11.7. The molecule has 25 heavy (non-hydrogen) atoms. The lowest BCUT2D eigenvalue weighted by Gasteiger charge is -2.08. The van der Waals surface area contributed by atoms with Gasteiger partial charge >= 0.3 is 0 Å². The summed E-state index contributed by atoms with van der Waals surface area (Å²) in [4.78, 5) is 11.7. The van der Waals surface area contributed by atoms with Crippen molar-refractivity contribution in [2.75, 3.05) is 20.8 Å². The van der Waals surface area contributed by atoms with Gasteiger partial charge in [0.15, 0.2) is 6.61 Å². The first-order valence-corrected chi connectivity index (χ1v) is 7.86. The van der Waals surface area contributed by atoms with E-state index in [0.717, 1.165) is 16.9 Å². The molecule has 0 unspecified atom stereocenters. The number of hydrogen-bond donors (Lipinski definition) is 1. The van der Waals surface area contributed by atoms with Gasteiger partial charge in [-0.3, -0.25) is 4.79 Å². The van der Waals surface area contributed by atoms with E-state index in [9.17, 15) is 4.79 Å². The molecule has 0 aliphatic heterocycles. The molecule has 2 rings (SSSR count). The molecule has 0 heterocycles. The average Bonchev–Trinajstić information content (AvgIpc) is 2.62. The van der Waals surface area contributed by atoms with Crippen molar-refractivity contribution >= 4 is 23.7 Å². The second-order valence-corrected chi connectivity index (χ2v) is 5.48.